The Balaban J connectivity index is 0.000000185. The molecule has 49 heavy (non-hydrogen) atoms. The Kier molecular flexibility index (Phi) is 9.76. The van der Waals surface area contributed by atoms with Gasteiger partial charge in [0.25, 0.3) is 0 Å². The second-order valence-electron chi connectivity index (χ2n) is 10.9. The molecule has 7 heteroatoms. The standard InChI is InChI=1S/C21H14O4.C19H12O3.2CH4/c1-13(22)24-21-19(23)17-11-15-9-5-6-10-16(15)12-18(17)25-20(21)14-7-3-2-4-8-14;20-17-15-10-13-8-4-5-9-14(13)11-16(15)22-19(18(17)21)12-6-2-1-3-7-12;;/h2-12H,1H3;1-11,21H;2*1H4. The summed E-state index contributed by atoms with van der Waals surface area (Å²) < 4.78 is 17.0. The first kappa shape index (κ1) is 33.9. The Morgan fingerprint density at radius 3 is 1.41 bits per heavy atom. The van der Waals surface area contributed by atoms with Crippen LogP contribution in [-0.2, 0) is 4.79 Å². The summed E-state index contributed by atoms with van der Waals surface area (Å²) in [5, 5.41) is 14.8. The molecule has 0 fully saturated rings. The molecule has 2 heterocycles. The quantitative estimate of drug-likeness (QED) is 0.150. The molecule has 0 radical (unpaired) electrons. The molecule has 0 aliphatic rings. The first-order valence-corrected chi connectivity index (χ1v) is 14.8. The van der Waals surface area contributed by atoms with Crippen molar-refractivity contribution in [3.05, 3.63) is 154 Å². The van der Waals surface area contributed by atoms with E-state index in [4.69, 9.17) is 13.6 Å². The zero-order valence-corrected chi connectivity index (χ0v) is 25.1. The number of fused-ring (bicyclic) bond motifs is 4. The number of carbonyl (C=O) groups excluding carboxylic acids is 1. The topological polar surface area (TPSA) is 107 Å². The number of esters is 1. The van der Waals surface area contributed by atoms with E-state index < -0.39 is 11.4 Å². The van der Waals surface area contributed by atoms with Crippen molar-refractivity contribution in [2.45, 2.75) is 21.8 Å². The van der Waals surface area contributed by atoms with Gasteiger partial charge in [0, 0.05) is 18.1 Å². The molecule has 0 saturated carbocycles. The predicted octanol–water partition coefficient (Wildman–Crippen LogP) is 10.1. The van der Waals surface area contributed by atoms with Crippen LogP contribution in [0.2, 0.25) is 0 Å². The average Bonchev–Trinajstić information content (AvgIpc) is 3.10. The molecule has 6 aromatic carbocycles. The van der Waals surface area contributed by atoms with Gasteiger partial charge in [-0.3, -0.25) is 14.4 Å². The van der Waals surface area contributed by atoms with E-state index >= 15 is 0 Å². The van der Waals surface area contributed by atoms with Crippen molar-refractivity contribution in [1.29, 1.82) is 0 Å². The van der Waals surface area contributed by atoms with Crippen LogP contribution in [0.3, 0.4) is 0 Å². The number of hydrogen-bond donors (Lipinski definition) is 1. The van der Waals surface area contributed by atoms with Crippen LogP contribution >= 0.6 is 0 Å². The lowest BCUT2D eigenvalue weighted by Crippen LogP contribution is -2.13. The molecule has 0 unspecified atom stereocenters. The van der Waals surface area contributed by atoms with Crippen LogP contribution < -0.4 is 15.6 Å². The minimum Gasteiger partial charge on any atom is -0.502 e. The summed E-state index contributed by atoms with van der Waals surface area (Å²) >= 11 is 0. The first-order chi connectivity index (χ1) is 22.9. The fourth-order valence-electron chi connectivity index (χ4n) is 5.53. The summed E-state index contributed by atoms with van der Waals surface area (Å²) in [6.07, 6.45) is 0. The van der Waals surface area contributed by atoms with E-state index in [1.54, 1.807) is 36.4 Å². The van der Waals surface area contributed by atoms with Crippen molar-refractivity contribution >= 4 is 49.5 Å². The van der Waals surface area contributed by atoms with Crippen LogP contribution in [0, 0.1) is 0 Å². The lowest BCUT2D eigenvalue weighted by molar-refractivity contribution is -0.132. The van der Waals surface area contributed by atoms with Crippen LogP contribution in [0.1, 0.15) is 21.8 Å². The summed E-state index contributed by atoms with van der Waals surface area (Å²) in [7, 11) is 0. The maximum atomic E-state index is 13.0. The second kappa shape index (κ2) is 14.1. The van der Waals surface area contributed by atoms with Gasteiger partial charge in [-0.15, -0.1) is 0 Å². The number of rotatable bonds is 3. The van der Waals surface area contributed by atoms with Gasteiger partial charge in [-0.25, -0.2) is 0 Å². The molecule has 0 bridgehead atoms. The van der Waals surface area contributed by atoms with E-state index in [0.29, 0.717) is 33.1 Å². The summed E-state index contributed by atoms with van der Waals surface area (Å²) in [6, 6.07) is 40.9. The van der Waals surface area contributed by atoms with E-state index in [1.165, 1.54) is 6.92 Å². The van der Waals surface area contributed by atoms with Gasteiger partial charge in [0.15, 0.2) is 11.5 Å². The van der Waals surface area contributed by atoms with Gasteiger partial charge in [-0.2, -0.15) is 0 Å². The summed E-state index contributed by atoms with van der Waals surface area (Å²) in [5.74, 6) is -0.544. The van der Waals surface area contributed by atoms with Crippen LogP contribution in [0.5, 0.6) is 11.5 Å². The van der Waals surface area contributed by atoms with Gasteiger partial charge in [0.2, 0.25) is 22.4 Å². The molecule has 7 nitrogen and oxygen atoms in total. The Bertz CT molecular complexity index is 2570. The smallest absolute Gasteiger partial charge is 0.308 e. The van der Waals surface area contributed by atoms with Crippen molar-refractivity contribution in [2.75, 3.05) is 0 Å². The predicted molar refractivity (Wildman–Crippen MR) is 197 cm³/mol. The molecule has 8 aromatic rings. The third kappa shape index (κ3) is 6.55. The fourth-order valence-corrected chi connectivity index (χ4v) is 5.53. The molecule has 0 saturated heterocycles. The van der Waals surface area contributed by atoms with Crippen LogP contribution in [0.4, 0.5) is 0 Å². The monoisotopic (exact) mass is 650 g/mol. The summed E-state index contributed by atoms with van der Waals surface area (Å²) in [5.41, 5.74) is 1.50. The van der Waals surface area contributed by atoms with E-state index in [-0.39, 0.29) is 43.3 Å². The zero-order valence-electron chi connectivity index (χ0n) is 25.1. The number of aromatic hydroxyl groups is 1. The van der Waals surface area contributed by atoms with Gasteiger partial charge in [0.1, 0.15) is 11.2 Å². The second-order valence-corrected chi connectivity index (χ2v) is 10.9. The highest BCUT2D eigenvalue weighted by Gasteiger charge is 2.20. The Morgan fingerprint density at radius 1 is 0.551 bits per heavy atom. The van der Waals surface area contributed by atoms with Crippen molar-refractivity contribution in [2.24, 2.45) is 0 Å². The third-order valence-electron chi connectivity index (χ3n) is 7.77. The molecule has 8 rings (SSSR count). The minimum atomic E-state index is -0.565. The third-order valence-corrected chi connectivity index (χ3v) is 7.77. The molecular weight excluding hydrogens is 616 g/mol. The van der Waals surface area contributed by atoms with Gasteiger partial charge >= 0.3 is 5.97 Å². The van der Waals surface area contributed by atoms with Gasteiger partial charge in [-0.05, 0) is 45.8 Å². The van der Waals surface area contributed by atoms with Gasteiger partial charge < -0.3 is 18.7 Å². The number of hydrogen-bond acceptors (Lipinski definition) is 7. The fraction of sp³-hybridized carbons (Fsp3) is 0.0714. The van der Waals surface area contributed by atoms with Crippen LogP contribution in [0.15, 0.2) is 152 Å². The molecule has 0 aliphatic carbocycles. The molecule has 2 aromatic heterocycles. The summed E-state index contributed by atoms with van der Waals surface area (Å²) in [4.78, 5) is 36.9. The lowest BCUT2D eigenvalue weighted by atomic mass is 10.1. The SMILES string of the molecule is C.C.CC(=O)Oc1c(-c2ccccc2)oc2cc3ccccc3cc2c1=O.O=c1c(O)c(-c2ccccc2)oc2cc3ccccc3cc12. The van der Waals surface area contributed by atoms with Crippen molar-refractivity contribution in [3.63, 3.8) is 0 Å². The molecule has 244 valence electrons. The zero-order chi connectivity index (χ0) is 32.5. The van der Waals surface area contributed by atoms with E-state index in [0.717, 1.165) is 21.5 Å². The van der Waals surface area contributed by atoms with Gasteiger partial charge in [-0.1, -0.05) is 124 Å². The van der Waals surface area contributed by atoms with Crippen LogP contribution in [0.25, 0.3) is 66.1 Å². The van der Waals surface area contributed by atoms with E-state index in [1.807, 2.05) is 97.1 Å². The summed E-state index contributed by atoms with van der Waals surface area (Å²) in [6.45, 7) is 1.26. The largest absolute Gasteiger partial charge is 0.502 e. The first-order valence-electron chi connectivity index (χ1n) is 14.8. The molecule has 0 spiro atoms. The molecular formula is C42H34O7. The molecule has 0 amide bonds. The number of ether oxygens (including phenoxy) is 1. The minimum absolute atomic E-state index is 0. The Morgan fingerprint density at radius 2 is 0.939 bits per heavy atom. The highest BCUT2D eigenvalue weighted by molar-refractivity contribution is 5.98. The maximum Gasteiger partial charge on any atom is 0.308 e. The molecule has 1 N–H and O–H groups in total. The number of benzene rings is 6. The normalized spacial score (nSPS) is 10.6. The highest BCUT2D eigenvalue weighted by atomic mass is 16.5. The Hall–Kier alpha value is -6.47. The highest BCUT2D eigenvalue weighted by Crippen LogP contribution is 2.33. The van der Waals surface area contributed by atoms with Crippen molar-refractivity contribution in [1.82, 2.24) is 0 Å². The van der Waals surface area contributed by atoms with E-state index in [2.05, 4.69) is 0 Å². The van der Waals surface area contributed by atoms with E-state index in [9.17, 15) is 19.5 Å². The molecule has 0 atom stereocenters. The maximum absolute atomic E-state index is 13.0. The van der Waals surface area contributed by atoms with Crippen molar-refractivity contribution < 1.29 is 23.5 Å². The average molecular weight is 651 g/mol. The Labute approximate surface area is 282 Å². The van der Waals surface area contributed by atoms with Gasteiger partial charge in [0.05, 0.1) is 10.8 Å². The van der Waals surface area contributed by atoms with Crippen LogP contribution in [-0.4, -0.2) is 11.1 Å². The van der Waals surface area contributed by atoms with Crippen molar-refractivity contribution in [3.8, 4) is 34.1 Å². The molecule has 0 aliphatic heterocycles. The lowest BCUT2D eigenvalue weighted by Gasteiger charge is -2.10. The number of carbonyl (C=O) groups is 1.